The van der Waals surface area contributed by atoms with Crippen molar-refractivity contribution in [2.24, 2.45) is 0 Å². The van der Waals surface area contributed by atoms with E-state index in [-0.39, 0.29) is 5.56 Å². The van der Waals surface area contributed by atoms with Gasteiger partial charge in [0, 0.05) is 6.07 Å². The van der Waals surface area contributed by atoms with E-state index in [1.54, 1.807) is 30.3 Å². The molecule has 0 aromatic heterocycles. The Hall–Kier alpha value is -3.42. The van der Waals surface area contributed by atoms with Gasteiger partial charge in [-0.1, -0.05) is 13.3 Å². The number of carbonyl (C=O) groups excluding carboxylic acids is 2. The van der Waals surface area contributed by atoms with Crippen molar-refractivity contribution in [3.63, 3.8) is 0 Å². The number of nitrogens with one attached hydrogen (secondary N) is 1. The van der Waals surface area contributed by atoms with Gasteiger partial charge in [0.1, 0.15) is 11.5 Å². The smallest absolute Gasteiger partial charge is 0.338 e. The van der Waals surface area contributed by atoms with Gasteiger partial charge < -0.3 is 29.0 Å². The average Bonchev–Trinajstić information content (AvgIpc) is 2.79. The minimum Gasteiger partial charge on any atom is -0.494 e. The molecular formula is C24H31NO7. The molecule has 0 fully saturated rings. The van der Waals surface area contributed by atoms with Crippen LogP contribution in [0.15, 0.2) is 36.4 Å². The Bertz CT molecular complexity index is 898. The van der Waals surface area contributed by atoms with Crippen LogP contribution in [0.5, 0.6) is 23.0 Å². The highest BCUT2D eigenvalue weighted by Gasteiger charge is 2.15. The van der Waals surface area contributed by atoms with Gasteiger partial charge in [-0.2, -0.15) is 0 Å². The molecule has 0 heterocycles. The minimum atomic E-state index is -0.647. The molecule has 1 amide bonds. The van der Waals surface area contributed by atoms with E-state index in [1.807, 2.05) is 13.8 Å². The summed E-state index contributed by atoms with van der Waals surface area (Å²) in [5.74, 6) is 0.920. The Morgan fingerprint density at radius 1 is 0.875 bits per heavy atom. The number of hydrogen-bond acceptors (Lipinski definition) is 7. The number of hydrogen-bond donors (Lipinski definition) is 1. The van der Waals surface area contributed by atoms with Gasteiger partial charge in [-0.25, -0.2) is 4.79 Å². The van der Waals surface area contributed by atoms with E-state index in [0.717, 1.165) is 12.8 Å². The third-order valence-corrected chi connectivity index (χ3v) is 4.33. The lowest BCUT2D eigenvalue weighted by molar-refractivity contribution is -0.119. The number of benzene rings is 2. The number of rotatable bonds is 13. The molecule has 2 aromatic rings. The molecule has 0 bridgehead atoms. The Labute approximate surface area is 188 Å². The second-order valence-corrected chi connectivity index (χ2v) is 6.72. The molecule has 0 aliphatic heterocycles. The minimum absolute atomic E-state index is 0.255. The molecule has 0 aliphatic rings. The summed E-state index contributed by atoms with van der Waals surface area (Å²) >= 11 is 0. The van der Waals surface area contributed by atoms with Gasteiger partial charge in [0.15, 0.2) is 18.1 Å². The Kier molecular flexibility index (Phi) is 10.2. The predicted octanol–water partition coefficient (Wildman–Crippen LogP) is 4.47. The van der Waals surface area contributed by atoms with Crippen LogP contribution < -0.4 is 24.3 Å². The molecule has 174 valence electrons. The normalized spacial score (nSPS) is 10.2. The number of methoxy groups -OCH3 is 1. The molecule has 0 unspecified atom stereocenters. The lowest BCUT2D eigenvalue weighted by Crippen LogP contribution is -2.21. The second-order valence-electron chi connectivity index (χ2n) is 6.72. The van der Waals surface area contributed by atoms with E-state index < -0.39 is 18.5 Å². The van der Waals surface area contributed by atoms with Crippen LogP contribution in [0.4, 0.5) is 5.69 Å². The van der Waals surface area contributed by atoms with E-state index in [4.69, 9.17) is 23.7 Å². The van der Waals surface area contributed by atoms with Crippen molar-refractivity contribution in [2.45, 2.75) is 33.6 Å². The summed E-state index contributed by atoms with van der Waals surface area (Å²) < 4.78 is 27.1. The van der Waals surface area contributed by atoms with Crippen LogP contribution in [0, 0.1) is 0 Å². The third kappa shape index (κ3) is 7.37. The van der Waals surface area contributed by atoms with E-state index in [9.17, 15) is 9.59 Å². The van der Waals surface area contributed by atoms with Crippen molar-refractivity contribution in [3.05, 3.63) is 42.0 Å². The molecule has 8 nitrogen and oxygen atoms in total. The number of unbranched alkanes of at least 4 members (excludes halogenated alkanes) is 1. The van der Waals surface area contributed by atoms with Crippen LogP contribution in [0.25, 0.3) is 0 Å². The highest BCUT2D eigenvalue weighted by Crippen LogP contribution is 2.30. The third-order valence-electron chi connectivity index (χ3n) is 4.33. The first kappa shape index (κ1) is 24.8. The van der Waals surface area contributed by atoms with Gasteiger partial charge in [-0.3, -0.25) is 4.79 Å². The quantitative estimate of drug-likeness (QED) is 0.359. The van der Waals surface area contributed by atoms with Crippen LogP contribution >= 0.6 is 0 Å². The van der Waals surface area contributed by atoms with E-state index in [1.165, 1.54) is 13.2 Å². The van der Waals surface area contributed by atoms with Gasteiger partial charge >= 0.3 is 5.97 Å². The maximum atomic E-state index is 12.4. The van der Waals surface area contributed by atoms with Gasteiger partial charge in [-0.15, -0.1) is 0 Å². The Morgan fingerprint density at radius 3 is 2.31 bits per heavy atom. The van der Waals surface area contributed by atoms with Crippen LogP contribution in [-0.2, 0) is 9.53 Å². The number of ether oxygens (including phenoxy) is 5. The van der Waals surface area contributed by atoms with Crippen LogP contribution in [0.2, 0.25) is 0 Å². The van der Waals surface area contributed by atoms with E-state index >= 15 is 0 Å². The van der Waals surface area contributed by atoms with Crippen LogP contribution in [-0.4, -0.2) is 45.4 Å². The summed E-state index contributed by atoms with van der Waals surface area (Å²) in [6, 6.07) is 9.89. The monoisotopic (exact) mass is 445 g/mol. The zero-order valence-corrected chi connectivity index (χ0v) is 19.1. The molecule has 0 atom stereocenters. The number of anilines is 1. The van der Waals surface area contributed by atoms with Crippen molar-refractivity contribution in [2.75, 3.05) is 38.9 Å². The zero-order valence-electron chi connectivity index (χ0n) is 19.1. The van der Waals surface area contributed by atoms with Crippen molar-refractivity contribution in [1.82, 2.24) is 0 Å². The van der Waals surface area contributed by atoms with Crippen molar-refractivity contribution < 1.29 is 33.3 Å². The van der Waals surface area contributed by atoms with Gasteiger partial charge in [-0.05, 0) is 50.6 Å². The SMILES string of the molecule is CCCCOc1ccc(C(=O)OCC(=O)Nc2cc(OCC)ccc2OCC)cc1OC. The zero-order chi connectivity index (χ0) is 23.3. The van der Waals surface area contributed by atoms with Gasteiger partial charge in [0.2, 0.25) is 0 Å². The predicted molar refractivity (Wildman–Crippen MR) is 121 cm³/mol. The molecule has 2 aromatic carbocycles. The first-order chi connectivity index (χ1) is 15.5. The maximum absolute atomic E-state index is 12.4. The van der Waals surface area contributed by atoms with Crippen molar-refractivity contribution in [1.29, 1.82) is 0 Å². The molecular weight excluding hydrogens is 414 g/mol. The first-order valence-electron chi connectivity index (χ1n) is 10.7. The Balaban J connectivity index is 1.99. The Morgan fingerprint density at radius 2 is 1.62 bits per heavy atom. The average molecular weight is 446 g/mol. The van der Waals surface area contributed by atoms with Crippen LogP contribution in [0.1, 0.15) is 44.0 Å². The molecule has 0 saturated carbocycles. The maximum Gasteiger partial charge on any atom is 0.338 e. The van der Waals surface area contributed by atoms with Gasteiger partial charge in [0.05, 0.1) is 38.2 Å². The molecule has 0 radical (unpaired) electrons. The topological polar surface area (TPSA) is 92.3 Å². The molecule has 0 spiro atoms. The number of amides is 1. The summed E-state index contributed by atoms with van der Waals surface area (Å²) in [7, 11) is 1.50. The second kappa shape index (κ2) is 13.1. The fraction of sp³-hybridized carbons (Fsp3) is 0.417. The molecule has 0 aliphatic carbocycles. The molecule has 1 N–H and O–H groups in total. The standard InChI is InChI=1S/C24H31NO7/c1-5-8-13-31-21-11-9-17(14-22(21)28-4)24(27)32-16-23(26)25-19-15-18(29-6-2)10-12-20(19)30-7-3/h9-12,14-15H,5-8,13,16H2,1-4H3,(H,25,26). The lowest BCUT2D eigenvalue weighted by atomic mass is 10.2. The highest BCUT2D eigenvalue weighted by molar-refractivity contribution is 5.96. The summed E-state index contributed by atoms with van der Waals surface area (Å²) in [5.41, 5.74) is 0.694. The summed E-state index contributed by atoms with van der Waals surface area (Å²) in [4.78, 5) is 24.8. The lowest BCUT2D eigenvalue weighted by Gasteiger charge is -2.14. The van der Waals surface area contributed by atoms with Crippen molar-refractivity contribution >= 4 is 17.6 Å². The first-order valence-corrected chi connectivity index (χ1v) is 10.7. The highest BCUT2D eigenvalue weighted by atomic mass is 16.5. The fourth-order valence-electron chi connectivity index (χ4n) is 2.79. The summed E-state index contributed by atoms with van der Waals surface area (Å²) in [5, 5.41) is 2.70. The largest absolute Gasteiger partial charge is 0.494 e. The number of carbonyl (C=O) groups is 2. The number of esters is 1. The molecule has 8 heteroatoms. The molecule has 2 rings (SSSR count). The van der Waals surface area contributed by atoms with E-state index in [2.05, 4.69) is 12.2 Å². The summed E-state index contributed by atoms with van der Waals surface area (Å²) in [6.07, 6.45) is 1.93. The van der Waals surface area contributed by atoms with Crippen LogP contribution in [0.3, 0.4) is 0 Å². The van der Waals surface area contributed by atoms with Crippen molar-refractivity contribution in [3.8, 4) is 23.0 Å². The molecule has 32 heavy (non-hydrogen) atoms. The summed E-state index contributed by atoms with van der Waals surface area (Å²) in [6.45, 7) is 6.82. The van der Waals surface area contributed by atoms with Gasteiger partial charge in [0.25, 0.3) is 5.91 Å². The van der Waals surface area contributed by atoms with E-state index in [0.29, 0.717) is 48.5 Å². The molecule has 0 saturated heterocycles. The fourth-order valence-corrected chi connectivity index (χ4v) is 2.79.